The van der Waals surface area contributed by atoms with E-state index in [2.05, 4.69) is 22.2 Å². The Kier molecular flexibility index (Phi) is 10.5. The van der Waals surface area contributed by atoms with E-state index in [1.54, 1.807) is 0 Å². The number of amides is 2. The molecular formula is C33H44Cl2N4O4S. The fraction of sp³-hybridized carbons (Fsp3) is 0.576. The Balaban J connectivity index is 0.00000188. The fourth-order valence-corrected chi connectivity index (χ4v) is 8.88. The van der Waals surface area contributed by atoms with Crippen LogP contribution in [-0.2, 0) is 31.4 Å². The van der Waals surface area contributed by atoms with Gasteiger partial charge in [-0.3, -0.25) is 13.9 Å². The molecule has 1 unspecified atom stereocenters. The SMILES string of the molecule is CCl.CS(=O)(=O)N1CC2(CCN(C(=O)C(Cc3ccc(Cl)cc3)NC(=O)[C@@H]3C[C@H]4CCCC[C@H]4CN3)CC2)c2ccccc21. The number of likely N-dealkylation sites (tertiary alicyclic amines) is 1. The molecule has 2 N–H and O–H groups in total. The number of rotatable bonds is 6. The van der Waals surface area contributed by atoms with Crippen LogP contribution >= 0.6 is 23.2 Å². The molecule has 2 amide bonds. The number of piperidine rings is 2. The number of hydrogen-bond donors (Lipinski definition) is 2. The van der Waals surface area contributed by atoms with Crippen molar-refractivity contribution in [1.29, 1.82) is 0 Å². The van der Waals surface area contributed by atoms with E-state index in [1.807, 2.05) is 53.4 Å². The monoisotopic (exact) mass is 662 g/mol. The van der Waals surface area contributed by atoms with Crippen molar-refractivity contribution in [2.75, 3.05) is 43.1 Å². The van der Waals surface area contributed by atoms with E-state index < -0.39 is 16.1 Å². The van der Waals surface area contributed by atoms with Crippen LogP contribution in [0.15, 0.2) is 48.5 Å². The number of sulfonamides is 1. The van der Waals surface area contributed by atoms with E-state index in [9.17, 15) is 18.0 Å². The van der Waals surface area contributed by atoms with Crippen LogP contribution in [0.25, 0.3) is 0 Å². The zero-order valence-corrected chi connectivity index (χ0v) is 27.9. The third kappa shape index (κ3) is 7.06. The maximum absolute atomic E-state index is 14.0. The third-order valence-corrected chi connectivity index (χ3v) is 11.5. The Morgan fingerprint density at radius 3 is 2.36 bits per heavy atom. The van der Waals surface area contributed by atoms with Gasteiger partial charge < -0.3 is 15.5 Å². The summed E-state index contributed by atoms with van der Waals surface area (Å²) in [5.74, 6) is 1.02. The molecular weight excluding hydrogens is 619 g/mol. The maximum Gasteiger partial charge on any atom is 0.245 e. The molecule has 8 nitrogen and oxygen atoms in total. The van der Waals surface area contributed by atoms with E-state index >= 15 is 0 Å². The number of carbonyl (C=O) groups is 2. The van der Waals surface area contributed by atoms with Gasteiger partial charge in [0.25, 0.3) is 0 Å². The summed E-state index contributed by atoms with van der Waals surface area (Å²) in [5, 5.41) is 7.22. The van der Waals surface area contributed by atoms with Gasteiger partial charge in [-0.15, -0.1) is 11.6 Å². The van der Waals surface area contributed by atoms with Crippen LogP contribution in [0.5, 0.6) is 0 Å². The summed E-state index contributed by atoms with van der Waals surface area (Å²) in [6.45, 7) is 2.26. The van der Waals surface area contributed by atoms with Crippen molar-refractivity contribution in [3.8, 4) is 0 Å². The number of alkyl halides is 1. The van der Waals surface area contributed by atoms with Gasteiger partial charge in [-0.25, -0.2) is 8.42 Å². The van der Waals surface area contributed by atoms with Gasteiger partial charge in [0.05, 0.1) is 18.0 Å². The van der Waals surface area contributed by atoms with Crippen LogP contribution in [0.2, 0.25) is 5.02 Å². The lowest BCUT2D eigenvalue weighted by Crippen LogP contribution is -2.58. The fourth-order valence-electron chi connectivity index (χ4n) is 7.76. The molecule has 3 fully saturated rings. The number of carbonyl (C=O) groups excluding carboxylic acids is 2. The summed E-state index contributed by atoms with van der Waals surface area (Å²) >= 11 is 10.8. The molecule has 4 atom stereocenters. The van der Waals surface area contributed by atoms with Crippen molar-refractivity contribution in [3.05, 3.63) is 64.7 Å². The van der Waals surface area contributed by atoms with Gasteiger partial charge in [-0.2, -0.15) is 0 Å². The Morgan fingerprint density at radius 2 is 1.68 bits per heavy atom. The second-order valence-corrected chi connectivity index (χ2v) is 15.1. The van der Waals surface area contributed by atoms with Crippen molar-refractivity contribution in [2.24, 2.45) is 11.8 Å². The summed E-state index contributed by atoms with van der Waals surface area (Å²) in [4.78, 5) is 29.5. The van der Waals surface area contributed by atoms with E-state index in [1.165, 1.54) is 42.6 Å². The molecule has 1 saturated carbocycles. The number of benzene rings is 2. The third-order valence-electron chi connectivity index (χ3n) is 10.1. The molecule has 2 aromatic rings. The summed E-state index contributed by atoms with van der Waals surface area (Å²) in [6.07, 6.45) is 10.2. The smallest absolute Gasteiger partial charge is 0.245 e. The molecule has 3 heterocycles. The van der Waals surface area contributed by atoms with Crippen molar-refractivity contribution < 1.29 is 18.0 Å². The molecule has 2 saturated heterocycles. The summed E-state index contributed by atoms with van der Waals surface area (Å²) < 4.78 is 26.7. The van der Waals surface area contributed by atoms with Crippen molar-refractivity contribution in [3.63, 3.8) is 0 Å². The number of halogens is 2. The Bertz CT molecular complexity index is 1430. The predicted octanol–water partition coefficient (Wildman–Crippen LogP) is 4.73. The van der Waals surface area contributed by atoms with Crippen LogP contribution in [0.3, 0.4) is 0 Å². The molecule has 4 aliphatic rings. The van der Waals surface area contributed by atoms with Crippen LogP contribution in [0.4, 0.5) is 5.69 Å². The summed E-state index contributed by atoms with van der Waals surface area (Å²) in [5.41, 5.74) is 2.39. The summed E-state index contributed by atoms with van der Waals surface area (Å²) in [6, 6.07) is 14.2. The van der Waals surface area contributed by atoms with Gasteiger partial charge in [0, 0.05) is 42.9 Å². The van der Waals surface area contributed by atoms with Crippen molar-refractivity contribution >= 4 is 50.7 Å². The van der Waals surface area contributed by atoms with E-state index in [0.29, 0.717) is 55.8 Å². The zero-order chi connectivity index (χ0) is 31.5. The first kappa shape index (κ1) is 33.0. The molecule has 0 aromatic heterocycles. The lowest BCUT2D eigenvalue weighted by atomic mass is 9.73. The van der Waals surface area contributed by atoms with Crippen LogP contribution in [0, 0.1) is 11.8 Å². The maximum atomic E-state index is 14.0. The normalized spacial score (nSPS) is 24.9. The Morgan fingerprint density at radius 1 is 1.02 bits per heavy atom. The van der Waals surface area contributed by atoms with Gasteiger partial charge in [-0.05, 0) is 73.4 Å². The highest BCUT2D eigenvalue weighted by Crippen LogP contribution is 2.48. The second kappa shape index (κ2) is 14.0. The minimum absolute atomic E-state index is 0.0919. The first-order valence-electron chi connectivity index (χ1n) is 15.6. The molecule has 240 valence electrons. The molecule has 44 heavy (non-hydrogen) atoms. The van der Waals surface area contributed by atoms with E-state index in [0.717, 1.165) is 29.8 Å². The Labute approximate surface area is 271 Å². The average molecular weight is 664 g/mol. The number of para-hydroxylation sites is 1. The van der Waals surface area contributed by atoms with Gasteiger partial charge in [0.15, 0.2) is 0 Å². The number of nitrogens with one attached hydrogen (secondary N) is 2. The highest BCUT2D eigenvalue weighted by Gasteiger charge is 2.48. The molecule has 1 aliphatic carbocycles. The quantitative estimate of drug-likeness (QED) is 0.436. The standard InChI is InChI=1S/C32H41ClN4O4S.CH3Cl/c1-42(40,41)37-21-32(26-8-4-5-9-29(26)37)14-16-36(17-15-32)31(39)28(18-22-10-12-25(33)13-11-22)35-30(38)27-19-23-6-2-3-7-24(23)20-34-27;1-2/h4-5,8-13,23-24,27-28,34H,2-3,6-7,14-21H2,1H3,(H,35,38);1H3/t23-,24+,27+,28?;/m1./s1. The molecule has 6 rings (SSSR count). The van der Waals surface area contributed by atoms with Crippen LogP contribution < -0.4 is 14.9 Å². The topological polar surface area (TPSA) is 98.8 Å². The van der Waals surface area contributed by atoms with Crippen molar-refractivity contribution in [2.45, 2.75) is 68.9 Å². The lowest BCUT2D eigenvalue weighted by Gasteiger charge is -2.41. The molecule has 1 spiro atoms. The Hall–Kier alpha value is -2.33. The van der Waals surface area contributed by atoms with Crippen LogP contribution in [0.1, 0.15) is 56.1 Å². The second-order valence-electron chi connectivity index (χ2n) is 12.8. The molecule has 0 radical (unpaired) electrons. The van der Waals surface area contributed by atoms with Crippen molar-refractivity contribution in [1.82, 2.24) is 15.5 Å². The van der Waals surface area contributed by atoms with E-state index in [4.69, 9.17) is 11.6 Å². The molecule has 0 bridgehead atoms. The van der Waals surface area contributed by atoms with Gasteiger partial charge in [0.2, 0.25) is 21.8 Å². The number of nitrogens with zero attached hydrogens (tertiary/aromatic N) is 2. The molecule has 3 aliphatic heterocycles. The number of hydrogen-bond acceptors (Lipinski definition) is 5. The number of fused-ring (bicyclic) bond motifs is 3. The number of anilines is 1. The molecule has 2 aromatic carbocycles. The first-order chi connectivity index (χ1) is 21.1. The highest BCUT2D eigenvalue weighted by molar-refractivity contribution is 7.92. The first-order valence-corrected chi connectivity index (χ1v) is 18.6. The van der Waals surface area contributed by atoms with Gasteiger partial charge in [0.1, 0.15) is 6.04 Å². The van der Waals surface area contributed by atoms with Gasteiger partial charge >= 0.3 is 0 Å². The average Bonchev–Trinajstić information content (AvgIpc) is 3.37. The predicted molar refractivity (Wildman–Crippen MR) is 177 cm³/mol. The highest BCUT2D eigenvalue weighted by atomic mass is 35.5. The zero-order valence-electron chi connectivity index (χ0n) is 25.6. The minimum Gasteiger partial charge on any atom is -0.343 e. The summed E-state index contributed by atoms with van der Waals surface area (Å²) in [7, 11) is -3.41. The van der Waals surface area contributed by atoms with E-state index in [-0.39, 0.29) is 23.3 Å². The lowest BCUT2D eigenvalue weighted by molar-refractivity contribution is -0.138. The van der Waals surface area contributed by atoms with Crippen LogP contribution in [-0.4, -0.2) is 76.0 Å². The van der Waals surface area contributed by atoms with Gasteiger partial charge in [-0.1, -0.05) is 61.2 Å². The minimum atomic E-state index is -3.41. The largest absolute Gasteiger partial charge is 0.343 e. The molecule has 11 heteroatoms.